The molecule has 4 aliphatic rings. The Hall–Kier alpha value is -3.01. The lowest BCUT2D eigenvalue weighted by Gasteiger charge is -2.36. The first-order chi connectivity index (χ1) is 17.5. The SMILES string of the molecule is CN1CCN(c2cc(OC[C@@H]3CCCN3C)nc(-c3noc4c3CCC[C@@]43CCCCC3=O)n2)C1=O. The van der Waals surface area contributed by atoms with Crippen molar-refractivity contribution in [1.82, 2.24) is 24.9 Å². The van der Waals surface area contributed by atoms with Gasteiger partial charge in [-0.3, -0.25) is 9.69 Å². The highest BCUT2D eigenvalue weighted by Gasteiger charge is 2.48. The van der Waals surface area contributed by atoms with E-state index >= 15 is 0 Å². The Morgan fingerprint density at radius 3 is 2.67 bits per heavy atom. The van der Waals surface area contributed by atoms with E-state index in [1.807, 2.05) is 0 Å². The van der Waals surface area contributed by atoms with Gasteiger partial charge in [0.25, 0.3) is 0 Å². The van der Waals surface area contributed by atoms with Crippen LogP contribution in [0.25, 0.3) is 11.5 Å². The fourth-order valence-corrected chi connectivity index (χ4v) is 6.33. The summed E-state index contributed by atoms with van der Waals surface area (Å²) in [5, 5.41) is 4.41. The van der Waals surface area contributed by atoms with Crippen LogP contribution in [0.15, 0.2) is 10.6 Å². The van der Waals surface area contributed by atoms with Gasteiger partial charge in [-0.2, -0.15) is 4.98 Å². The number of carbonyl (C=O) groups is 2. The molecule has 36 heavy (non-hydrogen) atoms. The molecule has 1 spiro atoms. The largest absolute Gasteiger partial charge is 0.476 e. The van der Waals surface area contributed by atoms with Crippen molar-refractivity contribution >= 4 is 17.6 Å². The number of likely N-dealkylation sites (N-methyl/N-ethyl adjacent to an activating group) is 2. The van der Waals surface area contributed by atoms with Gasteiger partial charge in [-0.15, -0.1) is 0 Å². The predicted molar refractivity (Wildman–Crippen MR) is 132 cm³/mol. The number of fused-ring (bicyclic) bond motifs is 2. The zero-order valence-electron chi connectivity index (χ0n) is 21.2. The molecule has 2 amide bonds. The van der Waals surface area contributed by atoms with Crippen LogP contribution in [-0.4, -0.2) is 83.1 Å². The van der Waals surface area contributed by atoms with Crippen molar-refractivity contribution in [2.24, 2.45) is 0 Å². The Labute approximate surface area is 211 Å². The summed E-state index contributed by atoms with van der Waals surface area (Å²) in [5.41, 5.74) is 0.932. The van der Waals surface area contributed by atoms with Gasteiger partial charge in [0.05, 0.1) is 5.41 Å². The molecule has 10 heteroatoms. The molecule has 0 bridgehead atoms. The lowest BCUT2D eigenvalue weighted by molar-refractivity contribution is -0.128. The van der Waals surface area contributed by atoms with Gasteiger partial charge in [0, 0.05) is 44.2 Å². The average molecular weight is 495 g/mol. The normalized spacial score (nSPS) is 26.8. The van der Waals surface area contributed by atoms with Crippen LogP contribution in [0.1, 0.15) is 62.7 Å². The smallest absolute Gasteiger partial charge is 0.325 e. The van der Waals surface area contributed by atoms with E-state index in [4.69, 9.17) is 19.2 Å². The molecule has 2 aromatic heterocycles. The number of amides is 2. The molecule has 0 radical (unpaired) electrons. The molecule has 2 atom stereocenters. The van der Waals surface area contributed by atoms with E-state index in [0.29, 0.717) is 61.1 Å². The Morgan fingerprint density at radius 2 is 1.92 bits per heavy atom. The third kappa shape index (κ3) is 3.86. The molecule has 192 valence electrons. The number of ether oxygens (including phenoxy) is 1. The highest BCUT2D eigenvalue weighted by atomic mass is 16.5. The molecule has 3 fully saturated rings. The van der Waals surface area contributed by atoms with Gasteiger partial charge in [-0.1, -0.05) is 11.6 Å². The number of likely N-dealkylation sites (tertiary alicyclic amines) is 1. The first-order valence-electron chi connectivity index (χ1n) is 13.2. The summed E-state index contributed by atoms with van der Waals surface area (Å²) in [6, 6.07) is 1.98. The molecule has 2 aromatic rings. The van der Waals surface area contributed by atoms with Gasteiger partial charge < -0.3 is 19.1 Å². The van der Waals surface area contributed by atoms with Crippen LogP contribution in [0, 0.1) is 0 Å². The van der Waals surface area contributed by atoms with Crippen LogP contribution in [0.5, 0.6) is 5.88 Å². The Morgan fingerprint density at radius 1 is 1.06 bits per heavy atom. The number of nitrogens with zero attached hydrogens (tertiary/aromatic N) is 6. The minimum atomic E-state index is -0.561. The monoisotopic (exact) mass is 494 g/mol. The quantitative estimate of drug-likeness (QED) is 0.624. The number of rotatable bonds is 5. The second-order valence-corrected chi connectivity index (χ2v) is 10.7. The van der Waals surface area contributed by atoms with Crippen LogP contribution in [0.4, 0.5) is 10.6 Å². The molecule has 2 aliphatic carbocycles. The second-order valence-electron chi connectivity index (χ2n) is 10.7. The Balaban J connectivity index is 1.38. The second kappa shape index (κ2) is 9.14. The number of anilines is 1. The van der Waals surface area contributed by atoms with Crippen molar-refractivity contribution in [3.63, 3.8) is 0 Å². The van der Waals surface area contributed by atoms with Gasteiger partial charge >= 0.3 is 6.03 Å². The van der Waals surface area contributed by atoms with Crippen molar-refractivity contribution in [3.05, 3.63) is 17.4 Å². The van der Waals surface area contributed by atoms with E-state index in [2.05, 4.69) is 17.1 Å². The molecule has 1 saturated carbocycles. The highest BCUT2D eigenvalue weighted by molar-refractivity contribution is 5.93. The number of hydrogen-bond donors (Lipinski definition) is 0. The first-order valence-corrected chi connectivity index (χ1v) is 13.2. The predicted octanol–water partition coefficient (Wildman–Crippen LogP) is 3.19. The van der Waals surface area contributed by atoms with E-state index in [1.165, 1.54) is 0 Å². The Bertz CT molecular complexity index is 1180. The molecular weight excluding hydrogens is 460 g/mol. The van der Waals surface area contributed by atoms with E-state index < -0.39 is 5.41 Å². The topological polar surface area (TPSA) is 105 Å². The van der Waals surface area contributed by atoms with Crippen LogP contribution in [0.3, 0.4) is 0 Å². The first kappa shape index (κ1) is 23.4. The van der Waals surface area contributed by atoms with E-state index in [0.717, 1.165) is 63.5 Å². The Kier molecular flexibility index (Phi) is 5.94. The molecule has 10 nitrogen and oxygen atoms in total. The van der Waals surface area contributed by atoms with Crippen LogP contribution < -0.4 is 9.64 Å². The molecule has 6 rings (SSSR count). The molecule has 0 aromatic carbocycles. The van der Waals surface area contributed by atoms with E-state index in [9.17, 15) is 9.59 Å². The van der Waals surface area contributed by atoms with Crippen molar-refractivity contribution in [2.45, 2.75) is 69.2 Å². The standard InChI is InChI=1S/C26H34N6O4/c1-30-12-6-7-17(30)16-35-21-15-20(32-14-13-31(2)25(32)34)27-24(28-21)22-18-8-5-11-26(23(18)36-29-22)10-4-3-9-19(26)33/h15,17H,3-14,16H2,1-2H3/t17-,26+/m0/s1. The number of ketones is 1. The van der Waals surface area contributed by atoms with Crippen LogP contribution in [-0.2, 0) is 16.6 Å². The third-order valence-electron chi connectivity index (χ3n) is 8.53. The zero-order valence-corrected chi connectivity index (χ0v) is 21.2. The maximum atomic E-state index is 13.1. The summed E-state index contributed by atoms with van der Waals surface area (Å²) in [6.45, 7) is 2.76. The van der Waals surface area contributed by atoms with Gasteiger partial charge in [-0.25, -0.2) is 9.78 Å². The molecular formula is C26H34N6O4. The third-order valence-corrected chi connectivity index (χ3v) is 8.53. The van der Waals surface area contributed by atoms with Crippen LogP contribution >= 0.6 is 0 Å². The van der Waals surface area contributed by atoms with Gasteiger partial charge in [-0.05, 0) is 58.5 Å². The summed E-state index contributed by atoms with van der Waals surface area (Å²) in [6.07, 6.45) is 8.10. The fraction of sp³-hybridized carbons (Fsp3) is 0.654. The fourth-order valence-electron chi connectivity index (χ4n) is 6.33. The summed E-state index contributed by atoms with van der Waals surface area (Å²) in [4.78, 5) is 41.0. The minimum absolute atomic E-state index is 0.102. The van der Waals surface area contributed by atoms with Crippen molar-refractivity contribution in [3.8, 4) is 17.4 Å². The number of Topliss-reactive ketones (excluding diaryl/α,β-unsaturated/α-hetero) is 1. The van der Waals surface area contributed by atoms with Crippen molar-refractivity contribution in [1.29, 1.82) is 0 Å². The lowest BCUT2D eigenvalue weighted by Crippen LogP contribution is -2.41. The van der Waals surface area contributed by atoms with E-state index in [1.54, 1.807) is 22.9 Å². The maximum Gasteiger partial charge on any atom is 0.325 e. The average Bonchev–Trinajstić information content (AvgIpc) is 3.59. The molecule has 0 N–H and O–H groups in total. The van der Waals surface area contributed by atoms with Gasteiger partial charge in [0.15, 0.2) is 17.3 Å². The van der Waals surface area contributed by atoms with E-state index in [-0.39, 0.29) is 11.8 Å². The van der Waals surface area contributed by atoms with Gasteiger partial charge in [0.2, 0.25) is 5.88 Å². The minimum Gasteiger partial charge on any atom is -0.476 e. The number of hydrogen-bond acceptors (Lipinski definition) is 8. The summed E-state index contributed by atoms with van der Waals surface area (Å²) in [7, 11) is 3.90. The highest BCUT2D eigenvalue weighted by Crippen LogP contribution is 2.47. The van der Waals surface area contributed by atoms with Crippen LogP contribution in [0.2, 0.25) is 0 Å². The molecule has 2 aliphatic heterocycles. The lowest BCUT2D eigenvalue weighted by atomic mass is 9.64. The van der Waals surface area contributed by atoms with Gasteiger partial charge in [0.1, 0.15) is 18.2 Å². The summed E-state index contributed by atoms with van der Waals surface area (Å²) in [5.74, 6) is 2.28. The molecule has 2 saturated heterocycles. The number of urea groups is 1. The maximum absolute atomic E-state index is 13.1. The molecule has 0 unspecified atom stereocenters. The number of aromatic nitrogens is 3. The van der Waals surface area contributed by atoms with Crippen molar-refractivity contribution in [2.75, 3.05) is 45.2 Å². The zero-order chi connectivity index (χ0) is 24.9. The number of carbonyl (C=O) groups excluding carboxylic acids is 2. The van der Waals surface area contributed by atoms with Crippen molar-refractivity contribution < 1.29 is 18.8 Å². The molecule has 4 heterocycles. The summed E-state index contributed by atoms with van der Waals surface area (Å²) >= 11 is 0. The summed E-state index contributed by atoms with van der Waals surface area (Å²) < 4.78 is 12.1.